The van der Waals surface area contributed by atoms with Crippen LogP contribution >= 0.6 is 0 Å². The van der Waals surface area contributed by atoms with E-state index in [-0.39, 0.29) is 48.6 Å². The zero-order valence-corrected chi connectivity index (χ0v) is 23.2. The van der Waals surface area contributed by atoms with Crippen molar-refractivity contribution in [2.75, 3.05) is 26.7 Å². The van der Waals surface area contributed by atoms with Gasteiger partial charge >= 0.3 is 0 Å². The number of nitrogens with zero attached hydrogens (tertiary/aromatic N) is 2. The number of carbonyl (C=O) groups excluding carboxylic acids is 1. The summed E-state index contributed by atoms with van der Waals surface area (Å²) in [5.41, 5.74) is 1.59. The molecule has 3 rings (SSSR count). The second-order valence-electron chi connectivity index (χ2n) is 10.2. The number of aliphatic hydroxyl groups excluding tert-OH is 1. The van der Waals surface area contributed by atoms with Gasteiger partial charge in [-0.3, -0.25) is 4.79 Å². The average molecular weight is 527 g/mol. The van der Waals surface area contributed by atoms with E-state index in [9.17, 15) is 18.3 Å². The van der Waals surface area contributed by atoms with E-state index in [1.54, 1.807) is 31.0 Å². The molecule has 0 saturated carbocycles. The second kappa shape index (κ2) is 12.6. The van der Waals surface area contributed by atoms with Crippen LogP contribution in [0.4, 0.5) is 0 Å². The summed E-state index contributed by atoms with van der Waals surface area (Å²) in [6.45, 7) is 7.91. The number of rotatable bonds is 7. The molecule has 0 bridgehead atoms. The van der Waals surface area contributed by atoms with Gasteiger partial charge in [-0.15, -0.1) is 0 Å². The lowest BCUT2D eigenvalue weighted by atomic mass is 10.0. The molecule has 0 spiro atoms. The summed E-state index contributed by atoms with van der Waals surface area (Å²) in [6, 6.07) is 13.8. The van der Waals surface area contributed by atoms with Crippen LogP contribution in [0.25, 0.3) is 0 Å². The van der Waals surface area contributed by atoms with Crippen LogP contribution in [0, 0.1) is 23.7 Å². The minimum atomic E-state index is -3.93. The molecule has 0 saturated heterocycles. The topological polar surface area (TPSA) is 87.2 Å². The summed E-state index contributed by atoms with van der Waals surface area (Å²) in [5, 5.41) is 9.82. The van der Waals surface area contributed by atoms with Crippen molar-refractivity contribution in [3.8, 4) is 17.6 Å². The van der Waals surface area contributed by atoms with Crippen LogP contribution in [0.1, 0.15) is 45.2 Å². The number of likely N-dealkylation sites (N-methyl/N-ethyl adjacent to an activating group) is 1. The van der Waals surface area contributed by atoms with Gasteiger partial charge in [0.05, 0.1) is 19.6 Å². The number of hydrogen-bond donors (Lipinski definition) is 1. The third kappa shape index (κ3) is 7.35. The van der Waals surface area contributed by atoms with Crippen LogP contribution in [0.5, 0.6) is 5.75 Å². The maximum atomic E-state index is 13.6. The first kappa shape index (κ1) is 28.7. The van der Waals surface area contributed by atoms with E-state index in [1.165, 1.54) is 10.4 Å². The molecule has 1 aliphatic rings. The summed E-state index contributed by atoms with van der Waals surface area (Å²) < 4.78 is 34.9. The number of sulfonamides is 1. The first-order valence-corrected chi connectivity index (χ1v) is 14.2. The fraction of sp³-hybridized carbons (Fsp3) is 0.483. The molecule has 3 atom stereocenters. The van der Waals surface area contributed by atoms with Crippen molar-refractivity contribution < 1.29 is 23.1 Å². The molecule has 37 heavy (non-hydrogen) atoms. The highest BCUT2D eigenvalue weighted by atomic mass is 32.2. The van der Waals surface area contributed by atoms with E-state index >= 15 is 0 Å². The Labute approximate surface area is 221 Å². The molecule has 200 valence electrons. The van der Waals surface area contributed by atoms with Crippen molar-refractivity contribution in [3.63, 3.8) is 0 Å². The number of aliphatic hydroxyl groups is 1. The molecule has 1 N–H and O–H groups in total. The van der Waals surface area contributed by atoms with Gasteiger partial charge in [-0.05, 0) is 36.6 Å². The Hall–Kier alpha value is -2.86. The lowest BCUT2D eigenvalue weighted by molar-refractivity contribution is -0.130. The van der Waals surface area contributed by atoms with Crippen LogP contribution in [-0.4, -0.2) is 67.5 Å². The minimum Gasteiger partial charge on any atom is -0.487 e. The van der Waals surface area contributed by atoms with Gasteiger partial charge in [0.1, 0.15) is 16.7 Å². The highest BCUT2D eigenvalue weighted by Crippen LogP contribution is 2.34. The average Bonchev–Trinajstić information content (AvgIpc) is 2.86. The first-order chi connectivity index (χ1) is 17.5. The maximum absolute atomic E-state index is 13.6. The maximum Gasteiger partial charge on any atom is 0.247 e. The van der Waals surface area contributed by atoms with Crippen molar-refractivity contribution >= 4 is 15.9 Å². The van der Waals surface area contributed by atoms with Gasteiger partial charge in [-0.1, -0.05) is 62.9 Å². The molecule has 2 aromatic carbocycles. The van der Waals surface area contributed by atoms with Crippen LogP contribution in [0.3, 0.4) is 0 Å². The van der Waals surface area contributed by atoms with E-state index in [0.717, 1.165) is 12.0 Å². The molecule has 0 fully saturated rings. The largest absolute Gasteiger partial charge is 0.487 e. The molecule has 1 heterocycles. The Kier molecular flexibility index (Phi) is 9.77. The quantitative estimate of drug-likeness (QED) is 0.558. The van der Waals surface area contributed by atoms with Gasteiger partial charge in [0.25, 0.3) is 0 Å². The van der Waals surface area contributed by atoms with Crippen LogP contribution in [-0.2, 0) is 21.2 Å². The molecule has 2 aromatic rings. The highest BCUT2D eigenvalue weighted by Gasteiger charge is 2.38. The van der Waals surface area contributed by atoms with Crippen molar-refractivity contribution in [3.05, 3.63) is 59.7 Å². The SMILES string of the molecule is CC(C)CC#Cc1ccc2c(c1)O[C@H](CN(C)C(=O)Cc1ccccc1)[C@H](C)CN([C@@H](C)CO)S2(=O)=O. The third-order valence-corrected chi connectivity index (χ3v) is 8.51. The van der Waals surface area contributed by atoms with Gasteiger partial charge in [-0.25, -0.2) is 8.42 Å². The predicted molar refractivity (Wildman–Crippen MR) is 145 cm³/mol. The molecule has 0 aromatic heterocycles. The monoisotopic (exact) mass is 526 g/mol. The molecule has 8 heteroatoms. The first-order valence-electron chi connectivity index (χ1n) is 12.7. The van der Waals surface area contributed by atoms with Crippen LogP contribution in [0.15, 0.2) is 53.4 Å². The van der Waals surface area contributed by atoms with Gasteiger partial charge in [0, 0.05) is 37.5 Å². The molecule has 0 aliphatic carbocycles. The van der Waals surface area contributed by atoms with Crippen molar-refractivity contribution in [1.29, 1.82) is 0 Å². The summed E-state index contributed by atoms with van der Waals surface area (Å²) in [4.78, 5) is 14.6. The number of amides is 1. The van der Waals surface area contributed by atoms with E-state index in [0.29, 0.717) is 11.5 Å². The normalized spacial score (nSPS) is 20.0. The fourth-order valence-electron chi connectivity index (χ4n) is 4.16. The number of carbonyl (C=O) groups is 1. The second-order valence-corrected chi connectivity index (χ2v) is 12.1. The zero-order valence-electron chi connectivity index (χ0n) is 22.3. The lowest BCUT2D eigenvalue weighted by Crippen LogP contribution is -2.50. The van der Waals surface area contributed by atoms with Crippen molar-refractivity contribution in [2.24, 2.45) is 11.8 Å². The Morgan fingerprint density at radius 3 is 2.54 bits per heavy atom. The van der Waals surface area contributed by atoms with E-state index in [1.807, 2.05) is 37.3 Å². The Morgan fingerprint density at radius 1 is 1.19 bits per heavy atom. The summed E-state index contributed by atoms with van der Waals surface area (Å²) in [6.07, 6.45) is 0.532. The number of hydrogen-bond acceptors (Lipinski definition) is 5. The Bertz CT molecular complexity index is 1230. The van der Waals surface area contributed by atoms with Gasteiger partial charge < -0.3 is 14.7 Å². The van der Waals surface area contributed by atoms with E-state index < -0.39 is 22.2 Å². The molecule has 0 unspecified atom stereocenters. The third-order valence-electron chi connectivity index (χ3n) is 6.49. The van der Waals surface area contributed by atoms with E-state index in [2.05, 4.69) is 25.7 Å². The molecule has 7 nitrogen and oxygen atoms in total. The number of fused-ring (bicyclic) bond motifs is 1. The number of benzene rings is 2. The summed E-state index contributed by atoms with van der Waals surface area (Å²) in [7, 11) is -2.19. The van der Waals surface area contributed by atoms with Crippen LogP contribution < -0.4 is 4.74 Å². The van der Waals surface area contributed by atoms with Gasteiger partial charge in [0.15, 0.2) is 0 Å². The molecule has 1 amide bonds. The minimum absolute atomic E-state index is 0.0392. The summed E-state index contributed by atoms with van der Waals surface area (Å²) in [5.74, 6) is 6.58. The number of ether oxygens (including phenoxy) is 1. The smallest absolute Gasteiger partial charge is 0.247 e. The standard InChI is InChI=1S/C29H38N2O5S/c1-21(2)10-9-13-25-14-15-28-26(16-25)36-27(22(3)18-31(23(4)20-32)37(28,34)35)19-30(5)29(33)17-24-11-7-6-8-12-24/h6-8,11-12,14-16,21-23,27,32H,10,17-20H2,1-5H3/t22-,23+,27-/m1/s1. The van der Waals surface area contributed by atoms with Gasteiger partial charge in [0.2, 0.25) is 15.9 Å². The Morgan fingerprint density at radius 2 is 1.89 bits per heavy atom. The fourth-order valence-corrected chi connectivity index (χ4v) is 5.98. The van der Waals surface area contributed by atoms with Crippen molar-refractivity contribution in [1.82, 2.24) is 9.21 Å². The molecular weight excluding hydrogens is 488 g/mol. The van der Waals surface area contributed by atoms with E-state index in [4.69, 9.17) is 4.74 Å². The zero-order chi connectivity index (χ0) is 27.2. The molecular formula is C29H38N2O5S. The van der Waals surface area contributed by atoms with Crippen LogP contribution in [0.2, 0.25) is 0 Å². The summed E-state index contributed by atoms with van der Waals surface area (Å²) >= 11 is 0. The molecule has 1 aliphatic heterocycles. The Balaban J connectivity index is 1.95. The van der Waals surface area contributed by atoms with Gasteiger partial charge in [-0.2, -0.15) is 4.31 Å². The van der Waals surface area contributed by atoms with Crippen molar-refractivity contribution in [2.45, 2.75) is 57.6 Å². The highest BCUT2D eigenvalue weighted by molar-refractivity contribution is 7.89. The predicted octanol–water partition coefficient (Wildman–Crippen LogP) is 3.55. The molecule has 0 radical (unpaired) electrons. The lowest BCUT2D eigenvalue weighted by Gasteiger charge is -2.37.